The summed E-state index contributed by atoms with van der Waals surface area (Å²) in [4.78, 5) is 4.88. The molecule has 1 unspecified atom stereocenters. The Labute approximate surface area is 146 Å². The molecule has 1 aliphatic rings. The Morgan fingerprint density at radius 2 is 1.92 bits per heavy atom. The first-order valence-corrected chi connectivity index (χ1v) is 8.89. The lowest BCUT2D eigenvalue weighted by Crippen LogP contribution is -2.18. The highest BCUT2D eigenvalue weighted by atomic mass is 15.3. The molecule has 5 rings (SSSR count). The fourth-order valence-electron chi connectivity index (χ4n) is 3.96. The zero-order valence-electron chi connectivity index (χ0n) is 14.2. The highest BCUT2D eigenvalue weighted by molar-refractivity contribution is 5.91. The Kier molecular flexibility index (Phi) is 3.23. The second-order valence-corrected chi connectivity index (χ2v) is 6.82. The topological polar surface area (TPSA) is 42.2 Å². The third-order valence-corrected chi connectivity index (χ3v) is 5.11. The van der Waals surface area contributed by atoms with E-state index in [2.05, 4.69) is 58.9 Å². The number of para-hydroxylation sites is 1. The van der Waals surface area contributed by atoms with Crippen LogP contribution in [0, 0.1) is 6.92 Å². The molecule has 25 heavy (non-hydrogen) atoms. The molecule has 0 bridgehead atoms. The number of benzene rings is 2. The SMILES string of the molecule is Cc1cc2nc(NC3CCCc4ccccc43)c3ccccc3n2n1. The van der Waals surface area contributed by atoms with E-state index >= 15 is 0 Å². The van der Waals surface area contributed by atoms with Gasteiger partial charge in [-0.05, 0) is 49.4 Å². The zero-order valence-corrected chi connectivity index (χ0v) is 14.2. The second kappa shape index (κ2) is 5.59. The number of aromatic nitrogens is 3. The van der Waals surface area contributed by atoms with Crippen LogP contribution in [-0.2, 0) is 6.42 Å². The van der Waals surface area contributed by atoms with Crippen molar-refractivity contribution < 1.29 is 0 Å². The molecule has 1 aliphatic carbocycles. The first-order chi connectivity index (χ1) is 12.3. The summed E-state index contributed by atoms with van der Waals surface area (Å²) in [6, 6.07) is 19.5. The molecule has 0 amide bonds. The van der Waals surface area contributed by atoms with Crippen LogP contribution in [-0.4, -0.2) is 14.6 Å². The van der Waals surface area contributed by atoms with E-state index in [1.165, 1.54) is 24.0 Å². The summed E-state index contributed by atoms with van der Waals surface area (Å²) in [6.45, 7) is 2.01. The molecule has 0 aliphatic heterocycles. The Morgan fingerprint density at radius 1 is 1.08 bits per heavy atom. The number of anilines is 1. The van der Waals surface area contributed by atoms with Gasteiger partial charge in [-0.1, -0.05) is 36.4 Å². The minimum Gasteiger partial charge on any atom is -0.363 e. The lowest BCUT2D eigenvalue weighted by molar-refractivity contribution is 0.599. The molecule has 0 saturated carbocycles. The van der Waals surface area contributed by atoms with Gasteiger partial charge in [-0.3, -0.25) is 0 Å². The molecule has 4 aromatic rings. The van der Waals surface area contributed by atoms with Crippen molar-refractivity contribution in [3.63, 3.8) is 0 Å². The molecule has 2 aromatic heterocycles. The average Bonchev–Trinajstić information content (AvgIpc) is 3.03. The fraction of sp³-hybridized carbons (Fsp3) is 0.238. The summed E-state index contributed by atoms with van der Waals surface area (Å²) in [7, 11) is 0. The van der Waals surface area contributed by atoms with E-state index < -0.39 is 0 Å². The number of hydrogen-bond acceptors (Lipinski definition) is 3. The monoisotopic (exact) mass is 328 g/mol. The largest absolute Gasteiger partial charge is 0.363 e. The van der Waals surface area contributed by atoms with Crippen LogP contribution in [0.4, 0.5) is 5.82 Å². The third-order valence-electron chi connectivity index (χ3n) is 5.11. The smallest absolute Gasteiger partial charge is 0.158 e. The number of nitrogens with one attached hydrogen (secondary N) is 1. The van der Waals surface area contributed by atoms with E-state index in [0.717, 1.165) is 34.5 Å². The van der Waals surface area contributed by atoms with Crippen LogP contribution in [0.2, 0.25) is 0 Å². The van der Waals surface area contributed by atoms with Crippen LogP contribution < -0.4 is 5.32 Å². The Morgan fingerprint density at radius 3 is 2.88 bits per heavy atom. The summed E-state index contributed by atoms with van der Waals surface area (Å²) in [5.41, 5.74) is 5.83. The minimum absolute atomic E-state index is 0.312. The number of nitrogens with zero attached hydrogens (tertiary/aromatic N) is 3. The standard InChI is InChI=1S/C21H20N4/c1-14-13-20-23-21(17-10-4-5-12-19(17)25(20)24-14)22-18-11-6-8-15-7-2-3-9-16(15)18/h2-5,7,9-10,12-13,18H,6,8,11H2,1H3,(H,22,23). The van der Waals surface area contributed by atoms with E-state index in [1.54, 1.807) is 0 Å². The molecule has 1 N–H and O–H groups in total. The van der Waals surface area contributed by atoms with Gasteiger partial charge >= 0.3 is 0 Å². The van der Waals surface area contributed by atoms with Crippen LogP contribution in [0.15, 0.2) is 54.6 Å². The van der Waals surface area contributed by atoms with Gasteiger partial charge in [0.2, 0.25) is 0 Å². The van der Waals surface area contributed by atoms with Gasteiger partial charge in [0.15, 0.2) is 5.65 Å². The van der Waals surface area contributed by atoms with Gasteiger partial charge in [0, 0.05) is 11.5 Å². The van der Waals surface area contributed by atoms with Crippen molar-refractivity contribution in [2.75, 3.05) is 5.32 Å². The van der Waals surface area contributed by atoms with Gasteiger partial charge in [0.05, 0.1) is 17.3 Å². The van der Waals surface area contributed by atoms with Crippen LogP contribution in [0.25, 0.3) is 16.6 Å². The molecule has 1 atom stereocenters. The summed E-state index contributed by atoms with van der Waals surface area (Å²) in [6.07, 6.45) is 3.51. The average molecular weight is 328 g/mol. The number of aryl methyl sites for hydroxylation is 2. The van der Waals surface area contributed by atoms with Crippen molar-refractivity contribution in [1.82, 2.24) is 14.6 Å². The Bertz CT molecular complexity index is 1080. The third kappa shape index (κ3) is 2.37. The second-order valence-electron chi connectivity index (χ2n) is 6.82. The first kappa shape index (κ1) is 14.5. The van der Waals surface area contributed by atoms with Crippen molar-refractivity contribution in [2.24, 2.45) is 0 Å². The van der Waals surface area contributed by atoms with Crippen molar-refractivity contribution in [1.29, 1.82) is 0 Å². The molecule has 4 nitrogen and oxygen atoms in total. The molecule has 0 saturated heterocycles. The van der Waals surface area contributed by atoms with Crippen LogP contribution >= 0.6 is 0 Å². The highest BCUT2D eigenvalue weighted by Gasteiger charge is 2.21. The quantitative estimate of drug-likeness (QED) is 0.581. The molecule has 4 heteroatoms. The van der Waals surface area contributed by atoms with Gasteiger partial charge in [0.1, 0.15) is 5.82 Å². The van der Waals surface area contributed by atoms with E-state index in [4.69, 9.17) is 4.98 Å². The number of hydrogen-bond donors (Lipinski definition) is 1. The van der Waals surface area contributed by atoms with Gasteiger partial charge in [-0.25, -0.2) is 9.50 Å². The van der Waals surface area contributed by atoms with Crippen molar-refractivity contribution >= 4 is 22.4 Å². The summed E-state index contributed by atoms with van der Waals surface area (Å²) in [5, 5.41) is 9.43. The lowest BCUT2D eigenvalue weighted by atomic mass is 9.88. The van der Waals surface area contributed by atoms with Crippen LogP contribution in [0.1, 0.15) is 35.7 Å². The molecular formula is C21H20N4. The first-order valence-electron chi connectivity index (χ1n) is 8.89. The fourth-order valence-corrected chi connectivity index (χ4v) is 3.96. The maximum absolute atomic E-state index is 4.88. The molecule has 0 spiro atoms. The van der Waals surface area contributed by atoms with Crippen LogP contribution in [0.3, 0.4) is 0 Å². The predicted molar refractivity (Wildman–Crippen MR) is 101 cm³/mol. The summed E-state index contributed by atoms with van der Waals surface area (Å²) < 4.78 is 1.94. The molecule has 0 fully saturated rings. The summed E-state index contributed by atoms with van der Waals surface area (Å²) in [5.74, 6) is 0.949. The Balaban J connectivity index is 1.66. The van der Waals surface area contributed by atoms with Gasteiger partial charge in [0.25, 0.3) is 0 Å². The zero-order chi connectivity index (χ0) is 16.8. The van der Waals surface area contributed by atoms with Crippen molar-refractivity contribution in [2.45, 2.75) is 32.2 Å². The predicted octanol–water partition coefficient (Wildman–Crippen LogP) is 4.68. The van der Waals surface area contributed by atoms with E-state index in [0.29, 0.717) is 6.04 Å². The van der Waals surface area contributed by atoms with E-state index in [-0.39, 0.29) is 0 Å². The maximum Gasteiger partial charge on any atom is 0.158 e. The lowest BCUT2D eigenvalue weighted by Gasteiger charge is -2.27. The van der Waals surface area contributed by atoms with Gasteiger partial charge in [-0.15, -0.1) is 0 Å². The van der Waals surface area contributed by atoms with Crippen molar-refractivity contribution in [3.8, 4) is 0 Å². The van der Waals surface area contributed by atoms with Crippen molar-refractivity contribution in [3.05, 3.63) is 71.4 Å². The number of fused-ring (bicyclic) bond motifs is 4. The van der Waals surface area contributed by atoms with Gasteiger partial charge < -0.3 is 5.32 Å². The molecule has 2 aromatic carbocycles. The van der Waals surface area contributed by atoms with Crippen LogP contribution in [0.5, 0.6) is 0 Å². The van der Waals surface area contributed by atoms with E-state index in [9.17, 15) is 0 Å². The van der Waals surface area contributed by atoms with Gasteiger partial charge in [-0.2, -0.15) is 5.10 Å². The van der Waals surface area contributed by atoms with E-state index in [1.807, 2.05) is 17.5 Å². The molecule has 124 valence electrons. The normalized spacial score (nSPS) is 16.9. The molecular weight excluding hydrogens is 308 g/mol. The summed E-state index contributed by atoms with van der Waals surface area (Å²) >= 11 is 0. The highest BCUT2D eigenvalue weighted by Crippen LogP contribution is 2.34. The maximum atomic E-state index is 4.88. The Hall–Kier alpha value is -2.88. The molecule has 0 radical (unpaired) electrons. The number of rotatable bonds is 2. The molecule has 2 heterocycles. The minimum atomic E-state index is 0.312.